The summed E-state index contributed by atoms with van der Waals surface area (Å²) in [4.78, 5) is 32.3. The quantitative estimate of drug-likeness (QED) is 0.509. The van der Waals surface area contributed by atoms with Crippen molar-refractivity contribution in [2.75, 3.05) is 71.4 Å². The van der Waals surface area contributed by atoms with Crippen LogP contribution in [0.2, 0.25) is 0 Å². The Kier molecular flexibility index (Phi) is 7.31. The first-order valence-corrected chi connectivity index (χ1v) is 11.2. The van der Waals surface area contributed by atoms with Crippen LogP contribution < -0.4 is 24.4 Å². The number of nitrogens with one attached hydrogen (secondary N) is 2. The summed E-state index contributed by atoms with van der Waals surface area (Å²) in [6, 6.07) is 11.0. The van der Waals surface area contributed by atoms with Gasteiger partial charge >= 0.3 is 0 Å². The van der Waals surface area contributed by atoms with Crippen LogP contribution in [0.3, 0.4) is 0 Å². The second kappa shape index (κ2) is 10.6. The Morgan fingerprint density at radius 1 is 1.03 bits per heavy atom. The van der Waals surface area contributed by atoms with Crippen LogP contribution in [0.5, 0.6) is 17.2 Å². The lowest BCUT2D eigenvalue weighted by molar-refractivity contribution is -0.116. The summed E-state index contributed by atoms with van der Waals surface area (Å²) in [5.41, 5.74) is 2.63. The van der Waals surface area contributed by atoms with Gasteiger partial charge in [0.1, 0.15) is 11.4 Å². The van der Waals surface area contributed by atoms with Gasteiger partial charge in [-0.1, -0.05) is 0 Å². The summed E-state index contributed by atoms with van der Waals surface area (Å²) in [6.45, 7) is 3.00. The summed E-state index contributed by atoms with van der Waals surface area (Å²) in [5.74, 6) is 0.831. The molecule has 186 valence electrons. The summed E-state index contributed by atoms with van der Waals surface area (Å²) in [5, 5.41) is 3.52. The van der Waals surface area contributed by atoms with Crippen LogP contribution in [0.4, 0.5) is 11.4 Å². The van der Waals surface area contributed by atoms with E-state index >= 15 is 0 Å². The maximum Gasteiger partial charge on any atom is 0.270 e. The van der Waals surface area contributed by atoms with Crippen molar-refractivity contribution in [2.24, 2.45) is 0 Å². The minimum Gasteiger partial charge on any atom is -0.496 e. The summed E-state index contributed by atoms with van der Waals surface area (Å²) in [6.07, 6.45) is 0. The molecule has 35 heavy (non-hydrogen) atoms. The maximum absolute atomic E-state index is 13.1. The third-order valence-corrected chi connectivity index (χ3v) is 5.93. The van der Waals surface area contributed by atoms with Crippen LogP contribution >= 0.6 is 0 Å². The molecule has 1 fully saturated rings. The minimum atomic E-state index is -0.345. The number of hydrogen-bond acceptors (Lipinski definition) is 7. The molecule has 1 saturated heterocycles. The minimum absolute atomic E-state index is 0.114. The Morgan fingerprint density at radius 3 is 2.34 bits per heavy atom. The second-order valence-electron chi connectivity index (χ2n) is 8.14. The lowest BCUT2D eigenvalue weighted by atomic mass is 10.2. The van der Waals surface area contributed by atoms with Gasteiger partial charge in [0.2, 0.25) is 5.91 Å². The molecule has 10 heteroatoms. The fourth-order valence-corrected chi connectivity index (χ4v) is 4.12. The molecule has 0 atom stereocenters. The van der Waals surface area contributed by atoms with Crippen molar-refractivity contribution in [1.82, 2.24) is 9.88 Å². The van der Waals surface area contributed by atoms with Crippen molar-refractivity contribution >= 4 is 34.1 Å². The Labute approximate surface area is 203 Å². The molecule has 1 aliphatic rings. The van der Waals surface area contributed by atoms with Crippen LogP contribution in [0.15, 0.2) is 36.4 Å². The number of rotatable bonds is 8. The number of likely N-dealkylation sites (N-methyl/N-ethyl adjacent to an activating group) is 1. The van der Waals surface area contributed by atoms with Crippen molar-refractivity contribution < 1.29 is 28.5 Å². The number of methoxy groups -OCH3 is 3. The fraction of sp³-hybridized carbons (Fsp3) is 0.360. The standard InChI is InChI=1S/C25H30N4O6/c1-28(15-22(30)26-16-5-7-17(8-6-16)29-9-11-35-12-10-29)25(31)19-13-18-20(32-2)14-21(33-3)24(34-4)23(18)27-19/h5-8,13-14,27H,9-12,15H2,1-4H3,(H,26,30). The number of anilines is 2. The molecule has 0 spiro atoms. The molecule has 2 amide bonds. The molecule has 1 aromatic heterocycles. The average molecular weight is 483 g/mol. The summed E-state index contributed by atoms with van der Waals surface area (Å²) >= 11 is 0. The monoisotopic (exact) mass is 482 g/mol. The Hall–Kier alpha value is -3.92. The van der Waals surface area contributed by atoms with E-state index in [0.29, 0.717) is 52.7 Å². The third kappa shape index (κ3) is 5.12. The van der Waals surface area contributed by atoms with E-state index in [4.69, 9.17) is 18.9 Å². The van der Waals surface area contributed by atoms with Crippen molar-refractivity contribution in [3.63, 3.8) is 0 Å². The second-order valence-corrected chi connectivity index (χ2v) is 8.14. The Bertz CT molecular complexity index is 1200. The first kappa shape index (κ1) is 24.2. The number of nitrogens with zero attached hydrogens (tertiary/aromatic N) is 2. The van der Waals surface area contributed by atoms with Gasteiger partial charge in [0, 0.05) is 43.0 Å². The molecule has 10 nitrogen and oxygen atoms in total. The largest absolute Gasteiger partial charge is 0.496 e. The number of ether oxygens (including phenoxy) is 4. The van der Waals surface area contributed by atoms with E-state index < -0.39 is 0 Å². The van der Waals surface area contributed by atoms with E-state index in [-0.39, 0.29) is 18.4 Å². The van der Waals surface area contributed by atoms with Gasteiger partial charge in [-0.15, -0.1) is 0 Å². The topological polar surface area (TPSA) is 105 Å². The van der Waals surface area contributed by atoms with E-state index in [1.165, 1.54) is 19.1 Å². The number of H-pyrrole nitrogens is 1. The molecular formula is C25H30N4O6. The highest BCUT2D eigenvalue weighted by Crippen LogP contribution is 2.41. The maximum atomic E-state index is 13.1. The normalized spacial score (nSPS) is 13.4. The van der Waals surface area contributed by atoms with Gasteiger partial charge in [-0.05, 0) is 30.3 Å². The van der Waals surface area contributed by atoms with Crippen LogP contribution in [-0.2, 0) is 9.53 Å². The number of aromatic nitrogens is 1. The molecule has 0 unspecified atom stereocenters. The van der Waals surface area contributed by atoms with Crippen molar-refractivity contribution in [2.45, 2.75) is 0 Å². The first-order chi connectivity index (χ1) is 16.9. The molecule has 1 aliphatic heterocycles. The highest BCUT2D eigenvalue weighted by atomic mass is 16.5. The number of morpholine rings is 1. The van der Waals surface area contributed by atoms with E-state index in [1.807, 2.05) is 24.3 Å². The van der Waals surface area contributed by atoms with Crippen LogP contribution in [-0.4, -0.2) is 82.9 Å². The number of fused-ring (bicyclic) bond motifs is 1. The van der Waals surface area contributed by atoms with Crippen molar-refractivity contribution in [3.8, 4) is 17.2 Å². The van der Waals surface area contributed by atoms with E-state index in [9.17, 15) is 9.59 Å². The lowest BCUT2D eigenvalue weighted by Crippen LogP contribution is -2.36. The van der Waals surface area contributed by atoms with Gasteiger partial charge in [0.05, 0.1) is 46.6 Å². The fourth-order valence-electron chi connectivity index (χ4n) is 4.12. The predicted octanol–water partition coefficient (Wildman–Crippen LogP) is 2.74. The number of aromatic amines is 1. The van der Waals surface area contributed by atoms with Gasteiger partial charge in [-0.3, -0.25) is 9.59 Å². The molecule has 3 aromatic rings. The Balaban J connectivity index is 1.43. The highest BCUT2D eigenvalue weighted by Gasteiger charge is 2.22. The van der Waals surface area contributed by atoms with E-state index in [2.05, 4.69) is 15.2 Å². The molecule has 0 aliphatic carbocycles. The smallest absolute Gasteiger partial charge is 0.270 e. The zero-order chi connectivity index (χ0) is 24.9. The molecule has 0 saturated carbocycles. The van der Waals surface area contributed by atoms with Crippen LogP contribution in [0.25, 0.3) is 10.9 Å². The number of amides is 2. The molecule has 2 N–H and O–H groups in total. The molecule has 2 aromatic carbocycles. The molecule has 2 heterocycles. The van der Waals surface area contributed by atoms with E-state index in [1.54, 1.807) is 26.3 Å². The lowest BCUT2D eigenvalue weighted by Gasteiger charge is -2.28. The van der Waals surface area contributed by atoms with Crippen molar-refractivity contribution in [1.29, 1.82) is 0 Å². The number of carbonyl (C=O) groups excluding carboxylic acids is 2. The van der Waals surface area contributed by atoms with Crippen molar-refractivity contribution in [3.05, 3.63) is 42.1 Å². The van der Waals surface area contributed by atoms with E-state index in [0.717, 1.165) is 18.8 Å². The molecule has 4 rings (SSSR count). The molecule has 0 radical (unpaired) electrons. The predicted molar refractivity (Wildman–Crippen MR) is 133 cm³/mol. The third-order valence-electron chi connectivity index (χ3n) is 5.93. The highest BCUT2D eigenvalue weighted by molar-refractivity contribution is 6.04. The van der Waals surface area contributed by atoms with Crippen LogP contribution in [0.1, 0.15) is 10.5 Å². The zero-order valence-corrected chi connectivity index (χ0v) is 20.3. The van der Waals surface area contributed by atoms with Gasteiger partial charge < -0.3 is 39.0 Å². The number of hydrogen-bond donors (Lipinski definition) is 2. The summed E-state index contributed by atoms with van der Waals surface area (Å²) in [7, 11) is 6.17. The summed E-state index contributed by atoms with van der Waals surface area (Å²) < 4.78 is 21.7. The van der Waals surface area contributed by atoms with Gasteiger partial charge in [0.15, 0.2) is 11.5 Å². The number of benzene rings is 2. The number of carbonyl (C=O) groups is 2. The molecular weight excluding hydrogens is 452 g/mol. The van der Waals surface area contributed by atoms with Gasteiger partial charge in [0.25, 0.3) is 5.91 Å². The van der Waals surface area contributed by atoms with Crippen LogP contribution in [0, 0.1) is 0 Å². The first-order valence-electron chi connectivity index (χ1n) is 11.2. The molecule has 0 bridgehead atoms. The SMILES string of the molecule is COc1cc(OC)c2cc(C(=O)N(C)CC(=O)Nc3ccc(N4CCOCC4)cc3)[nH]c2c1OC. The van der Waals surface area contributed by atoms with Gasteiger partial charge in [-0.25, -0.2) is 0 Å². The Morgan fingerprint density at radius 2 is 1.71 bits per heavy atom. The average Bonchev–Trinajstić information content (AvgIpc) is 3.33. The zero-order valence-electron chi connectivity index (χ0n) is 20.3. The van der Waals surface area contributed by atoms with Gasteiger partial charge in [-0.2, -0.15) is 0 Å².